The van der Waals surface area contributed by atoms with Crippen molar-refractivity contribution in [3.8, 4) is 0 Å². The maximum Gasteiger partial charge on any atom is 0.224 e. The van der Waals surface area contributed by atoms with Crippen LogP contribution >= 0.6 is 22.6 Å². The highest BCUT2D eigenvalue weighted by molar-refractivity contribution is 14.1. The molecule has 0 bridgehead atoms. The van der Waals surface area contributed by atoms with Crippen LogP contribution in [0.3, 0.4) is 0 Å². The van der Waals surface area contributed by atoms with E-state index in [1.807, 2.05) is 38.1 Å². The molecule has 1 atom stereocenters. The van der Waals surface area contributed by atoms with Crippen molar-refractivity contribution in [1.82, 2.24) is 16.0 Å². The number of hydrogen-bond acceptors (Lipinski definition) is 12. The summed E-state index contributed by atoms with van der Waals surface area (Å²) in [7, 11) is 0. The molecule has 3 N–H and O–H groups in total. The Hall–Kier alpha value is -1.80. The number of ether oxygens (including phenoxy) is 8. The second-order valence-electron chi connectivity index (χ2n) is 15.9. The van der Waals surface area contributed by atoms with Crippen molar-refractivity contribution in [3.05, 3.63) is 33.4 Å². The molecule has 0 radical (unpaired) electrons. The summed E-state index contributed by atoms with van der Waals surface area (Å²) in [6.07, 6.45) is 10.1. The zero-order chi connectivity index (χ0) is 45.1. The third kappa shape index (κ3) is 38.6. The van der Waals surface area contributed by atoms with Crippen LogP contribution in [0.25, 0.3) is 0 Å². The molecule has 0 aliphatic heterocycles. The molecule has 0 spiro atoms. The van der Waals surface area contributed by atoms with Crippen molar-refractivity contribution in [1.29, 1.82) is 0 Å². The first-order valence-electron chi connectivity index (χ1n) is 23.4. The molecule has 1 aromatic rings. The fourth-order valence-corrected chi connectivity index (χ4v) is 6.34. The maximum absolute atomic E-state index is 12.4. The van der Waals surface area contributed by atoms with E-state index in [-0.39, 0.29) is 35.6 Å². The number of ketones is 1. The van der Waals surface area contributed by atoms with Gasteiger partial charge in [-0.2, -0.15) is 0 Å². The van der Waals surface area contributed by atoms with E-state index < -0.39 is 0 Å². The number of rotatable bonds is 46. The number of hydrogen-bond donors (Lipinski definition) is 3. The van der Waals surface area contributed by atoms with Gasteiger partial charge in [-0.05, 0) is 111 Å². The summed E-state index contributed by atoms with van der Waals surface area (Å²) in [5.41, 5.74) is 1.02. The van der Waals surface area contributed by atoms with Gasteiger partial charge in [0.15, 0.2) is 5.78 Å². The summed E-state index contributed by atoms with van der Waals surface area (Å²) in [5.74, 6) is 0.306. The van der Waals surface area contributed by atoms with Crippen LogP contribution in [-0.2, 0) is 58.7 Å². The standard InChI is InChI=1S/C47H84IN3O11/c1-40(2)47(54)44(51-41(3)4)15-5-6-21-49-45(52)20-38-62-37-14-36-61-35-13-34-60-33-12-32-59-31-11-30-58-29-10-28-57-27-9-26-56-25-8-24-55-23-7-22-50-46(53)39-42-16-18-43(48)19-17-42/h16-19,40-41,44,51H,5-15,20-39H2,1-4H3,(H,49,52)(H,50,53)/t44-/m1/s1. The molecule has 0 aromatic heterocycles. The Morgan fingerprint density at radius 3 is 1.26 bits per heavy atom. The number of amides is 2. The highest BCUT2D eigenvalue weighted by atomic mass is 127. The molecular weight excluding hydrogens is 909 g/mol. The van der Waals surface area contributed by atoms with Crippen LogP contribution in [-0.4, -0.2) is 148 Å². The summed E-state index contributed by atoms with van der Waals surface area (Å²) in [6.45, 7) is 19.6. The molecule has 14 nitrogen and oxygen atoms in total. The zero-order valence-electron chi connectivity index (χ0n) is 38.8. The van der Waals surface area contributed by atoms with Gasteiger partial charge >= 0.3 is 0 Å². The first-order valence-corrected chi connectivity index (χ1v) is 24.5. The molecule has 0 aliphatic carbocycles. The van der Waals surface area contributed by atoms with Crippen LogP contribution in [0.2, 0.25) is 0 Å². The molecule has 1 aromatic carbocycles. The highest BCUT2D eigenvalue weighted by Crippen LogP contribution is 2.09. The number of nitrogens with one attached hydrogen (secondary N) is 3. The molecule has 0 heterocycles. The highest BCUT2D eigenvalue weighted by Gasteiger charge is 2.21. The molecule has 0 saturated heterocycles. The fourth-order valence-electron chi connectivity index (χ4n) is 5.98. The predicted octanol–water partition coefficient (Wildman–Crippen LogP) is 6.47. The molecule has 1 rings (SSSR count). The molecule has 0 unspecified atom stereocenters. The smallest absolute Gasteiger partial charge is 0.224 e. The number of carbonyl (C=O) groups excluding carboxylic acids is 3. The third-order valence-electron chi connectivity index (χ3n) is 9.27. The molecule has 15 heteroatoms. The van der Waals surface area contributed by atoms with E-state index in [2.05, 4.69) is 52.4 Å². The van der Waals surface area contributed by atoms with E-state index in [0.29, 0.717) is 132 Å². The van der Waals surface area contributed by atoms with Crippen molar-refractivity contribution in [3.63, 3.8) is 0 Å². The lowest BCUT2D eigenvalue weighted by atomic mass is 9.96. The van der Waals surface area contributed by atoms with Crippen LogP contribution in [0, 0.1) is 9.49 Å². The van der Waals surface area contributed by atoms with E-state index >= 15 is 0 Å². The first-order chi connectivity index (χ1) is 30.2. The molecule has 0 saturated carbocycles. The van der Waals surface area contributed by atoms with E-state index in [4.69, 9.17) is 37.9 Å². The number of halogens is 1. The Morgan fingerprint density at radius 1 is 0.484 bits per heavy atom. The molecular formula is C47H84IN3O11. The zero-order valence-corrected chi connectivity index (χ0v) is 41.0. The van der Waals surface area contributed by atoms with E-state index in [1.54, 1.807) is 0 Å². The fraction of sp³-hybridized carbons (Fsp3) is 0.809. The number of benzene rings is 1. The Morgan fingerprint density at radius 2 is 0.855 bits per heavy atom. The van der Waals surface area contributed by atoms with Gasteiger partial charge in [0.25, 0.3) is 0 Å². The molecule has 2 amide bonds. The third-order valence-corrected chi connectivity index (χ3v) is 9.99. The average Bonchev–Trinajstić information content (AvgIpc) is 3.24. The van der Waals surface area contributed by atoms with Gasteiger partial charge in [0.2, 0.25) is 11.8 Å². The van der Waals surface area contributed by atoms with Crippen LogP contribution in [0.4, 0.5) is 0 Å². The average molecular weight is 994 g/mol. The Kier molecular flexibility index (Phi) is 40.5. The Balaban J connectivity index is 1.69. The SMILES string of the molecule is CC(C)N[C@H](CCCCNC(=O)CCOCCCOCCCOCCCOCCCOCCCOCCCOCCCOCCCNC(=O)Cc1ccc(I)cc1)C(=O)C(C)C. The number of carbonyl (C=O) groups is 3. The van der Waals surface area contributed by atoms with Crippen LogP contribution in [0.1, 0.15) is 110 Å². The van der Waals surface area contributed by atoms with E-state index in [9.17, 15) is 14.4 Å². The number of unbranched alkanes of at least 4 members (excludes halogenated alkanes) is 1. The lowest BCUT2D eigenvalue weighted by Gasteiger charge is -2.22. The number of Topliss-reactive ketones (excluding diaryl/α,β-unsaturated/α-hetero) is 1. The summed E-state index contributed by atoms with van der Waals surface area (Å²) in [4.78, 5) is 36.5. The van der Waals surface area contributed by atoms with Crippen molar-refractivity contribution in [2.24, 2.45) is 5.92 Å². The predicted molar refractivity (Wildman–Crippen MR) is 253 cm³/mol. The van der Waals surface area contributed by atoms with Crippen LogP contribution < -0.4 is 16.0 Å². The minimum atomic E-state index is -0.116. The van der Waals surface area contributed by atoms with E-state index in [0.717, 1.165) is 79.8 Å². The Labute approximate surface area is 388 Å². The monoisotopic (exact) mass is 994 g/mol. The van der Waals surface area contributed by atoms with Crippen LogP contribution in [0.15, 0.2) is 24.3 Å². The quantitative estimate of drug-likeness (QED) is 0.0484. The summed E-state index contributed by atoms with van der Waals surface area (Å²) in [5, 5.41) is 9.26. The van der Waals surface area contributed by atoms with Gasteiger partial charge in [0.05, 0.1) is 19.1 Å². The van der Waals surface area contributed by atoms with Gasteiger partial charge in [-0.15, -0.1) is 0 Å². The first kappa shape index (κ1) is 58.2. The molecule has 0 fully saturated rings. The van der Waals surface area contributed by atoms with Gasteiger partial charge in [-0.3, -0.25) is 14.4 Å². The normalized spacial score (nSPS) is 12.0. The molecule has 360 valence electrons. The maximum atomic E-state index is 12.4. The Bertz CT molecular complexity index is 1200. The van der Waals surface area contributed by atoms with Gasteiger partial charge < -0.3 is 53.8 Å². The summed E-state index contributed by atoms with van der Waals surface area (Å²) < 4.78 is 46.4. The van der Waals surface area contributed by atoms with E-state index in [1.165, 1.54) is 0 Å². The van der Waals surface area contributed by atoms with Gasteiger partial charge in [0.1, 0.15) is 0 Å². The molecule has 0 aliphatic rings. The minimum absolute atomic E-state index is 0.00535. The second kappa shape index (κ2) is 43.1. The summed E-state index contributed by atoms with van der Waals surface area (Å²) in [6, 6.07) is 8.14. The van der Waals surface area contributed by atoms with Gasteiger partial charge in [-0.1, -0.05) is 39.8 Å². The van der Waals surface area contributed by atoms with Crippen LogP contribution in [0.5, 0.6) is 0 Å². The van der Waals surface area contributed by atoms with Crippen molar-refractivity contribution in [2.45, 2.75) is 123 Å². The van der Waals surface area contributed by atoms with Crippen molar-refractivity contribution in [2.75, 3.05) is 119 Å². The van der Waals surface area contributed by atoms with Crippen molar-refractivity contribution < 1.29 is 52.3 Å². The lowest BCUT2D eigenvalue weighted by Crippen LogP contribution is -2.42. The summed E-state index contributed by atoms with van der Waals surface area (Å²) >= 11 is 2.26. The molecule has 62 heavy (non-hydrogen) atoms. The topological polar surface area (TPSA) is 161 Å². The minimum Gasteiger partial charge on any atom is -0.381 e. The van der Waals surface area contributed by atoms with Gasteiger partial charge in [0, 0.05) is 134 Å². The van der Waals surface area contributed by atoms with Crippen molar-refractivity contribution >= 4 is 40.2 Å². The van der Waals surface area contributed by atoms with Gasteiger partial charge in [-0.25, -0.2) is 0 Å². The second-order valence-corrected chi connectivity index (χ2v) is 17.2. The lowest BCUT2D eigenvalue weighted by molar-refractivity contribution is -0.124. The largest absolute Gasteiger partial charge is 0.381 e.